The molecule has 0 unspecified atom stereocenters. The molecule has 0 radical (unpaired) electrons. The Morgan fingerprint density at radius 1 is 1.10 bits per heavy atom. The van der Waals surface area contributed by atoms with Crippen LogP contribution in [0.2, 0.25) is 0 Å². The van der Waals surface area contributed by atoms with Gasteiger partial charge in [0.1, 0.15) is 11.4 Å². The molecule has 3 saturated carbocycles. The van der Waals surface area contributed by atoms with Crippen molar-refractivity contribution in [3.8, 4) is 0 Å². The van der Waals surface area contributed by atoms with Gasteiger partial charge in [-0.1, -0.05) is 13.8 Å². The van der Waals surface area contributed by atoms with Crippen molar-refractivity contribution >= 4 is 21.7 Å². The molecule has 4 aliphatic rings. The molecule has 8 heteroatoms. The normalized spacial score (nSPS) is 43.8. The van der Waals surface area contributed by atoms with E-state index >= 15 is 4.39 Å². The fourth-order valence-electron chi connectivity index (χ4n) is 7.61. The van der Waals surface area contributed by atoms with Crippen molar-refractivity contribution < 1.29 is 22.3 Å². The maximum atomic E-state index is 15.4. The molecule has 0 aromatic heterocycles. The molecule has 6 nitrogen and oxygen atoms in total. The lowest BCUT2D eigenvalue weighted by molar-refractivity contribution is -0.177. The average molecular weight is 455 g/mol. The SMILES string of the molecule is CC(=O)O[C@@]1(C)CC[C@H]2[C@@H]3CCC4=C(F)/C(=N/NS(C)(=O)=O)CC[C@]4(C)[C@H]3CC[C@@]21C. The fourth-order valence-corrected chi connectivity index (χ4v) is 7.89. The van der Waals surface area contributed by atoms with Gasteiger partial charge < -0.3 is 4.74 Å². The van der Waals surface area contributed by atoms with E-state index in [-0.39, 0.29) is 28.3 Å². The lowest BCUT2D eigenvalue weighted by Gasteiger charge is -2.59. The number of halogens is 1. The summed E-state index contributed by atoms with van der Waals surface area (Å²) in [4.78, 5) is 13.9. The minimum atomic E-state index is -3.51. The number of nitrogens with zero attached hydrogens (tertiary/aromatic N) is 1. The number of rotatable bonds is 3. The number of nitrogens with one attached hydrogen (secondary N) is 1. The van der Waals surface area contributed by atoms with Gasteiger partial charge in [0.15, 0.2) is 0 Å². The molecule has 3 fully saturated rings. The van der Waals surface area contributed by atoms with Crippen LogP contribution in [-0.2, 0) is 19.6 Å². The Labute approximate surface area is 185 Å². The number of hydrogen-bond acceptors (Lipinski definition) is 5. The highest BCUT2D eigenvalue weighted by molar-refractivity contribution is 7.88. The van der Waals surface area contributed by atoms with Gasteiger partial charge in [0.2, 0.25) is 10.0 Å². The van der Waals surface area contributed by atoms with E-state index in [1.54, 1.807) is 0 Å². The second-order valence-electron chi connectivity index (χ2n) is 10.9. The molecule has 0 aromatic rings. The zero-order valence-electron chi connectivity index (χ0n) is 19.3. The third-order valence-electron chi connectivity index (χ3n) is 9.32. The molecule has 6 atom stereocenters. The van der Waals surface area contributed by atoms with Gasteiger partial charge >= 0.3 is 5.97 Å². The van der Waals surface area contributed by atoms with Crippen molar-refractivity contribution in [1.82, 2.24) is 4.83 Å². The van der Waals surface area contributed by atoms with Crippen LogP contribution in [0, 0.1) is 28.6 Å². The minimum Gasteiger partial charge on any atom is -0.459 e. The lowest BCUT2D eigenvalue weighted by Crippen LogP contribution is -2.55. The zero-order chi connectivity index (χ0) is 22.8. The van der Waals surface area contributed by atoms with Gasteiger partial charge in [-0.3, -0.25) is 4.79 Å². The maximum absolute atomic E-state index is 15.4. The van der Waals surface area contributed by atoms with E-state index in [0.29, 0.717) is 30.6 Å². The van der Waals surface area contributed by atoms with Crippen molar-refractivity contribution in [1.29, 1.82) is 0 Å². The summed E-state index contributed by atoms with van der Waals surface area (Å²) in [5, 5.41) is 3.87. The molecular formula is C23H35FN2O4S. The second kappa shape index (κ2) is 7.29. The maximum Gasteiger partial charge on any atom is 0.303 e. The Hall–Kier alpha value is -1.44. The van der Waals surface area contributed by atoms with Crippen LogP contribution in [0.25, 0.3) is 0 Å². The Balaban J connectivity index is 1.63. The predicted octanol–water partition coefficient (Wildman–Crippen LogP) is 4.47. The second-order valence-corrected chi connectivity index (χ2v) is 12.6. The van der Waals surface area contributed by atoms with Gasteiger partial charge in [0.05, 0.1) is 12.0 Å². The molecule has 4 rings (SSSR count). The topological polar surface area (TPSA) is 84.8 Å². The van der Waals surface area contributed by atoms with Gasteiger partial charge in [-0.15, -0.1) is 0 Å². The number of sulfonamides is 1. The summed E-state index contributed by atoms with van der Waals surface area (Å²) in [5.41, 5.74) is 0.342. The van der Waals surface area contributed by atoms with E-state index in [0.717, 1.165) is 50.4 Å². The van der Waals surface area contributed by atoms with Crippen LogP contribution in [0.3, 0.4) is 0 Å². The summed E-state index contributed by atoms with van der Waals surface area (Å²) in [6.07, 6.45) is 7.74. The Bertz CT molecular complexity index is 961. The molecule has 0 aromatic carbocycles. The van der Waals surface area contributed by atoms with Crippen molar-refractivity contribution in [3.05, 3.63) is 11.4 Å². The molecule has 1 N–H and O–H groups in total. The number of carbonyl (C=O) groups excluding carboxylic acids is 1. The van der Waals surface area contributed by atoms with Crippen molar-refractivity contribution in [3.63, 3.8) is 0 Å². The van der Waals surface area contributed by atoms with Gasteiger partial charge in [-0.05, 0) is 87.0 Å². The van der Waals surface area contributed by atoms with Crippen LogP contribution >= 0.6 is 0 Å². The Morgan fingerprint density at radius 2 is 1.77 bits per heavy atom. The number of hydrogen-bond donors (Lipinski definition) is 1. The summed E-state index contributed by atoms with van der Waals surface area (Å²) in [6.45, 7) is 8.08. The van der Waals surface area contributed by atoms with E-state index in [4.69, 9.17) is 4.74 Å². The van der Waals surface area contributed by atoms with E-state index in [9.17, 15) is 13.2 Å². The van der Waals surface area contributed by atoms with Crippen molar-refractivity contribution in [2.75, 3.05) is 6.26 Å². The van der Waals surface area contributed by atoms with Gasteiger partial charge in [-0.25, -0.2) is 17.6 Å². The van der Waals surface area contributed by atoms with E-state index in [1.807, 2.05) is 0 Å². The molecule has 0 bridgehead atoms. The first kappa shape index (κ1) is 22.7. The lowest BCUT2D eigenvalue weighted by atomic mass is 9.46. The number of esters is 1. The van der Waals surface area contributed by atoms with Gasteiger partial charge in [-0.2, -0.15) is 5.10 Å². The van der Waals surface area contributed by atoms with Crippen LogP contribution in [0.4, 0.5) is 4.39 Å². The van der Waals surface area contributed by atoms with Crippen LogP contribution in [0.5, 0.6) is 0 Å². The summed E-state index contributed by atoms with van der Waals surface area (Å²) in [7, 11) is -3.51. The molecule has 174 valence electrons. The van der Waals surface area contributed by atoms with Crippen molar-refractivity contribution in [2.45, 2.75) is 84.7 Å². The average Bonchev–Trinajstić information content (AvgIpc) is 2.90. The summed E-state index contributed by atoms with van der Waals surface area (Å²) in [6, 6.07) is 0. The molecule has 0 heterocycles. The quantitative estimate of drug-likeness (QED) is 0.504. The van der Waals surface area contributed by atoms with E-state index in [2.05, 4.69) is 30.7 Å². The zero-order valence-corrected chi connectivity index (χ0v) is 20.1. The molecule has 0 spiro atoms. The van der Waals surface area contributed by atoms with Crippen LogP contribution in [0.15, 0.2) is 16.5 Å². The first-order valence-corrected chi connectivity index (χ1v) is 13.3. The minimum absolute atomic E-state index is 0.0450. The number of carbonyl (C=O) groups is 1. The largest absolute Gasteiger partial charge is 0.459 e. The fraction of sp³-hybridized carbons (Fsp3) is 0.826. The number of hydrazone groups is 1. The molecule has 0 aliphatic heterocycles. The Morgan fingerprint density at radius 3 is 2.42 bits per heavy atom. The summed E-state index contributed by atoms with van der Waals surface area (Å²) < 4.78 is 44.1. The van der Waals surface area contributed by atoms with Gasteiger partial charge in [0, 0.05) is 12.3 Å². The molecule has 0 amide bonds. The van der Waals surface area contributed by atoms with Gasteiger partial charge in [0.25, 0.3) is 0 Å². The highest BCUT2D eigenvalue weighted by atomic mass is 32.2. The van der Waals surface area contributed by atoms with E-state index in [1.165, 1.54) is 6.92 Å². The van der Waals surface area contributed by atoms with E-state index < -0.39 is 15.6 Å². The molecule has 31 heavy (non-hydrogen) atoms. The third kappa shape index (κ3) is 3.53. The number of fused-ring (bicyclic) bond motifs is 5. The van der Waals surface area contributed by atoms with Crippen LogP contribution in [-0.4, -0.2) is 32.0 Å². The first-order valence-electron chi connectivity index (χ1n) is 11.4. The molecule has 4 aliphatic carbocycles. The standard InChI is InChI=1S/C23H35FN2O4S/c1-14(27)30-23(4)13-9-17-15-6-7-18-20(24)19(25-26-31(5,28)29)10-11-21(18,2)16(15)8-12-22(17,23)3/h15-17,26H,6-13H2,1-5H3/b25-19+/t15-,16+,17+,21-,22+,23+/m1/s1. The summed E-state index contributed by atoms with van der Waals surface area (Å²) >= 11 is 0. The molecule has 0 saturated heterocycles. The van der Waals surface area contributed by atoms with Crippen molar-refractivity contribution in [2.24, 2.45) is 33.7 Å². The number of allylic oxidation sites excluding steroid dienone is 2. The Kier molecular flexibility index (Phi) is 5.35. The predicted molar refractivity (Wildman–Crippen MR) is 117 cm³/mol. The highest BCUT2D eigenvalue weighted by Gasteiger charge is 2.64. The smallest absolute Gasteiger partial charge is 0.303 e. The number of ether oxygens (including phenoxy) is 1. The third-order valence-corrected chi connectivity index (χ3v) is 9.74. The van der Waals surface area contributed by atoms with Crippen LogP contribution < -0.4 is 4.83 Å². The monoisotopic (exact) mass is 454 g/mol. The highest BCUT2D eigenvalue weighted by Crippen LogP contribution is 2.68. The van der Waals surface area contributed by atoms with Crippen LogP contribution in [0.1, 0.15) is 79.1 Å². The molecular weight excluding hydrogens is 419 g/mol. The summed E-state index contributed by atoms with van der Waals surface area (Å²) in [5.74, 6) is 0.831. The first-order chi connectivity index (χ1) is 14.3.